The monoisotopic (exact) mass is 166 g/mol. The van der Waals surface area contributed by atoms with E-state index < -0.39 is 0 Å². The number of halogens is 1. The van der Waals surface area contributed by atoms with E-state index in [2.05, 4.69) is 13.8 Å². The van der Waals surface area contributed by atoms with Crippen molar-refractivity contribution in [3.05, 3.63) is 0 Å². The minimum atomic E-state index is 0.637. The lowest BCUT2D eigenvalue weighted by Gasteiger charge is -2.04. The molecule has 0 saturated carbocycles. The third kappa shape index (κ3) is 6.53. The third-order valence-electron chi connectivity index (χ3n) is 1.12. The number of thioether (sulfide) groups is 1. The van der Waals surface area contributed by atoms with E-state index in [4.69, 9.17) is 11.6 Å². The lowest BCUT2D eigenvalue weighted by Crippen LogP contribution is -1.97. The summed E-state index contributed by atoms with van der Waals surface area (Å²) >= 11 is 7.58. The second kappa shape index (κ2) is 6.76. The van der Waals surface area contributed by atoms with Crippen LogP contribution in [0.25, 0.3) is 0 Å². The normalized spacial score (nSPS) is 13.7. The van der Waals surface area contributed by atoms with Crippen LogP contribution in [-0.2, 0) is 0 Å². The Labute approximate surface area is 67.4 Å². The Bertz CT molecular complexity index is 56.9. The fourth-order valence-electron chi connectivity index (χ4n) is 0.473. The zero-order valence-corrected chi connectivity index (χ0v) is 7.76. The molecule has 0 N–H and O–H groups in total. The van der Waals surface area contributed by atoms with Crippen molar-refractivity contribution in [2.75, 3.05) is 11.6 Å². The molecule has 0 aromatic carbocycles. The van der Waals surface area contributed by atoms with Gasteiger partial charge in [-0.1, -0.05) is 20.3 Å². The Morgan fingerprint density at radius 1 is 1.56 bits per heavy atom. The summed E-state index contributed by atoms with van der Waals surface area (Å²) in [5.74, 6) is 2.05. The first kappa shape index (κ1) is 9.64. The van der Waals surface area contributed by atoms with Gasteiger partial charge in [0.05, 0.1) is 0 Å². The summed E-state index contributed by atoms with van der Waals surface area (Å²) in [4.78, 5) is 0. The molecule has 0 rings (SSSR count). The van der Waals surface area contributed by atoms with E-state index in [1.807, 2.05) is 11.8 Å². The first-order valence-corrected chi connectivity index (χ1v) is 5.07. The molecule has 0 bridgehead atoms. The number of alkyl halides is 1. The van der Waals surface area contributed by atoms with Crippen molar-refractivity contribution in [2.45, 2.75) is 31.9 Å². The van der Waals surface area contributed by atoms with E-state index in [0.717, 1.165) is 5.88 Å². The maximum atomic E-state index is 5.61. The molecule has 0 amide bonds. The van der Waals surface area contributed by atoms with Crippen LogP contribution in [0, 0.1) is 0 Å². The minimum absolute atomic E-state index is 0.637. The number of unbranched alkanes of at least 4 members (excludes halogenated alkanes) is 1. The van der Waals surface area contributed by atoms with Gasteiger partial charge in [0.2, 0.25) is 0 Å². The molecule has 56 valence electrons. The molecular formula is C7H15ClS. The van der Waals surface area contributed by atoms with Gasteiger partial charge in [-0.3, -0.25) is 0 Å². The molecule has 9 heavy (non-hydrogen) atoms. The molecular weight excluding hydrogens is 152 g/mol. The van der Waals surface area contributed by atoms with E-state index in [-0.39, 0.29) is 0 Å². The quantitative estimate of drug-likeness (QED) is 0.447. The highest BCUT2D eigenvalue weighted by atomic mass is 35.5. The van der Waals surface area contributed by atoms with Crippen molar-refractivity contribution in [3.63, 3.8) is 0 Å². The summed E-state index contributed by atoms with van der Waals surface area (Å²) in [6, 6.07) is 0. The molecule has 0 aromatic rings. The van der Waals surface area contributed by atoms with Crippen LogP contribution < -0.4 is 0 Å². The highest BCUT2D eigenvalue weighted by Crippen LogP contribution is 2.13. The van der Waals surface area contributed by atoms with Gasteiger partial charge in [-0.25, -0.2) is 0 Å². The van der Waals surface area contributed by atoms with Crippen molar-refractivity contribution < 1.29 is 0 Å². The maximum Gasteiger partial charge on any atom is 0.0339 e. The van der Waals surface area contributed by atoms with Crippen LogP contribution in [0.4, 0.5) is 0 Å². The topological polar surface area (TPSA) is 0 Å². The lowest BCUT2D eigenvalue weighted by atomic mass is 10.4. The standard InChI is InChI=1S/C7H15ClS/c1-3-4-5-9-7(2)6-8/h7H,3-6H2,1-2H3. The molecule has 0 spiro atoms. The first-order chi connectivity index (χ1) is 4.31. The molecule has 0 saturated heterocycles. The summed E-state index contributed by atoms with van der Waals surface area (Å²) in [5, 5.41) is 0.637. The molecule has 0 radical (unpaired) electrons. The van der Waals surface area contributed by atoms with Crippen molar-refractivity contribution >= 4 is 23.4 Å². The van der Waals surface area contributed by atoms with Gasteiger partial charge in [0.25, 0.3) is 0 Å². The highest BCUT2D eigenvalue weighted by molar-refractivity contribution is 7.99. The second-order valence-corrected chi connectivity index (χ2v) is 4.04. The van der Waals surface area contributed by atoms with Crippen molar-refractivity contribution in [2.24, 2.45) is 0 Å². The Morgan fingerprint density at radius 3 is 2.67 bits per heavy atom. The van der Waals surface area contributed by atoms with Crippen LogP contribution in [0.3, 0.4) is 0 Å². The van der Waals surface area contributed by atoms with Crippen LogP contribution in [0.15, 0.2) is 0 Å². The number of hydrogen-bond acceptors (Lipinski definition) is 1. The second-order valence-electron chi connectivity index (χ2n) is 2.19. The summed E-state index contributed by atoms with van der Waals surface area (Å²) < 4.78 is 0. The van der Waals surface area contributed by atoms with E-state index >= 15 is 0 Å². The Kier molecular flexibility index (Phi) is 7.24. The fraction of sp³-hybridized carbons (Fsp3) is 1.00. The van der Waals surface area contributed by atoms with E-state index in [0.29, 0.717) is 5.25 Å². The van der Waals surface area contributed by atoms with E-state index in [1.165, 1.54) is 18.6 Å². The van der Waals surface area contributed by atoms with Crippen molar-refractivity contribution in [3.8, 4) is 0 Å². The summed E-state index contributed by atoms with van der Waals surface area (Å²) in [5.41, 5.74) is 0. The number of hydrogen-bond donors (Lipinski definition) is 0. The van der Waals surface area contributed by atoms with Crippen LogP contribution in [0.5, 0.6) is 0 Å². The van der Waals surface area contributed by atoms with Crippen molar-refractivity contribution in [1.29, 1.82) is 0 Å². The van der Waals surface area contributed by atoms with Crippen molar-refractivity contribution in [1.82, 2.24) is 0 Å². The Hall–Kier alpha value is 0.640. The van der Waals surface area contributed by atoms with Gasteiger partial charge in [0.15, 0.2) is 0 Å². The molecule has 0 aliphatic carbocycles. The average Bonchev–Trinajstić information content (AvgIpc) is 1.89. The molecule has 0 nitrogen and oxygen atoms in total. The van der Waals surface area contributed by atoms with E-state index in [9.17, 15) is 0 Å². The predicted octanol–water partition coefficient (Wildman–Crippen LogP) is 3.15. The van der Waals surface area contributed by atoms with Gasteiger partial charge in [-0.2, -0.15) is 11.8 Å². The molecule has 0 fully saturated rings. The summed E-state index contributed by atoms with van der Waals surface area (Å²) in [7, 11) is 0. The van der Waals surface area contributed by atoms with E-state index in [1.54, 1.807) is 0 Å². The summed E-state index contributed by atoms with van der Waals surface area (Å²) in [6.45, 7) is 4.39. The zero-order valence-electron chi connectivity index (χ0n) is 6.19. The predicted molar refractivity (Wildman–Crippen MR) is 47.5 cm³/mol. The Morgan fingerprint density at radius 2 is 2.22 bits per heavy atom. The zero-order chi connectivity index (χ0) is 7.11. The highest BCUT2D eigenvalue weighted by Gasteiger charge is 1.97. The van der Waals surface area contributed by atoms with Gasteiger partial charge in [0, 0.05) is 11.1 Å². The van der Waals surface area contributed by atoms with Gasteiger partial charge >= 0.3 is 0 Å². The smallest absolute Gasteiger partial charge is 0.0339 e. The molecule has 1 unspecified atom stereocenters. The average molecular weight is 167 g/mol. The van der Waals surface area contributed by atoms with Crippen LogP contribution in [0.1, 0.15) is 26.7 Å². The van der Waals surface area contributed by atoms with Crippen LogP contribution in [0.2, 0.25) is 0 Å². The van der Waals surface area contributed by atoms with Crippen LogP contribution in [-0.4, -0.2) is 16.9 Å². The maximum absolute atomic E-state index is 5.61. The molecule has 0 aliphatic heterocycles. The fourth-order valence-corrected chi connectivity index (χ4v) is 1.69. The van der Waals surface area contributed by atoms with Gasteiger partial charge in [-0.15, -0.1) is 11.6 Å². The minimum Gasteiger partial charge on any atom is -0.158 e. The molecule has 1 atom stereocenters. The summed E-state index contributed by atoms with van der Waals surface area (Å²) in [6.07, 6.45) is 2.62. The molecule has 0 aromatic heterocycles. The molecule has 0 heterocycles. The lowest BCUT2D eigenvalue weighted by molar-refractivity contribution is 0.893. The third-order valence-corrected chi connectivity index (χ3v) is 3.02. The molecule has 0 aliphatic rings. The van der Waals surface area contributed by atoms with Gasteiger partial charge < -0.3 is 0 Å². The number of rotatable bonds is 5. The van der Waals surface area contributed by atoms with Crippen LogP contribution >= 0.6 is 23.4 Å². The SMILES string of the molecule is CCCCSC(C)CCl. The Balaban J connectivity index is 2.88. The largest absolute Gasteiger partial charge is 0.158 e. The molecule has 2 heteroatoms. The first-order valence-electron chi connectivity index (χ1n) is 3.48. The van der Waals surface area contributed by atoms with Gasteiger partial charge in [-0.05, 0) is 12.2 Å². The van der Waals surface area contributed by atoms with Gasteiger partial charge in [0.1, 0.15) is 0 Å².